The smallest absolute Gasteiger partial charge is 0.270 e. The Bertz CT molecular complexity index is 829. The summed E-state index contributed by atoms with van der Waals surface area (Å²) < 4.78 is 10.7. The van der Waals surface area contributed by atoms with E-state index in [-0.39, 0.29) is 11.3 Å². The number of nitrogens with zero attached hydrogens (tertiary/aromatic N) is 1. The summed E-state index contributed by atoms with van der Waals surface area (Å²) in [6.45, 7) is 7.83. The average Bonchev–Trinajstić information content (AvgIpc) is 3.09. The first-order valence-electron chi connectivity index (χ1n) is 9.29. The summed E-state index contributed by atoms with van der Waals surface area (Å²) >= 11 is 0. The van der Waals surface area contributed by atoms with Crippen LogP contribution in [0.15, 0.2) is 18.2 Å². The minimum Gasteiger partial charge on any atom is -0.493 e. The molecule has 1 amide bonds. The van der Waals surface area contributed by atoms with Crippen molar-refractivity contribution in [1.82, 2.24) is 9.88 Å². The molecular formula is C21H28N2O3. The fourth-order valence-electron chi connectivity index (χ4n) is 5.43. The molecular weight excluding hydrogens is 328 g/mol. The molecule has 1 aromatic carbocycles. The summed E-state index contributed by atoms with van der Waals surface area (Å²) in [6.07, 6.45) is 3.38. The van der Waals surface area contributed by atoms with Gasteiger partial charge >= 0.3 is 0 Å². The Hall–Kier alpha value is -2.17. The second-order valence-electron chi connectivity index (χ2n) is 9.12. The van der Waals surface area contributed by atoms with Crippen molar-refractivity contribution in [3.05, 3.63) is 23.9 Å². The first-order valence-corrected chi connectivity index (χ1v) is 9.29. The van der Waals surface area contributed by atoms with E-state index in [0.717, 1.165) is 30.3 Å². The molecule has 1 N–H and O–H groups in total. The highest BCUT2D eigenvalue weighted by Crippen LogP contribution is 2.52. The number of aromatic amines is 1. The van der Waals surface area contributed by atoms with Crippen LogP contribution < -0.4 is 9.47 Å². The molecule has 1 aromatic heterocycles. The number of fused-ring (bicyclic) bond motifs is 3. The molecule has 26 heavy (non-hydrogen) atoms. The number of likely N-dealkylation sites (tertiary alicyclic amines) is 1. The van der Waals surface area contributed by atoms with E-state index in [4.69, 9.17) is 9.47 Å². The number of methoxy groups -OCH3 is 2. The number of H-pyrrole nitrogens is 1. The zero-order valence-electron chi connectivity index (χ0n) is 16.3. The number of aromatic nitrogens is 1. The van der Waals surface area contributed by atoms with Crippen LogP contribution in [0, 0.1) is 10.8 Å². The fourth-order valence-corrected chi connectivity index (χ4v) is 5.43. The number of carbonyl (C=O) groups excluding carboxylic acids is 1. The van der Waals surface area contributed by atoms with Crippen LogP contribution in [0.3, 0.4) is 0 Å². The van der Waals surface area contributed by atoms with Gasteiger partial charge in [0.15, 0.2) is 11.5 Å². The predicted molar refractivity (Wildman–Crippen MR) is 102 cm³/mol. The summed E-state index contributed by atoms with van der Waals surface area (Å²) in [5, 5.41) is 0.958. The van der Waals surface area contributed by atoms with Crippen LogP contribution in [0.25, 0.3) is 10.9 Å². The van der Waals surface area contributed by atoms with Crippen LogP contribution in [0.5, 0.6) is 11.5 Å². The number of carbonyl (C=O) groups is 1. The quantitative estimate of drug-likeness (QED) is 0.895. The second-order valence-corrected chi connectivity index (χ2v) is 9.12. The summed E-state index contributed by atoms with van der Waals surface area (Å²) in [6, 6.07) is 6.06. The minimum atomic E-state index is 0.102. The van der Waals surface area contributed by atoms with Crippen molar-refractivity contribution in [1.29, 1.82) is 0 Å². The number of amides is 1. The zero-order valence-corrected chi connectivity index (χ0v) is 16.3. The third-order valence-electron chi connectivity index (χ3n) is 6.03. The fraction of sp³-hybridized carbons (Fsp3) is 0.571. The number of hydrogen-bond donors (Lipinski definition) is 1. The lowest BCUT2D eigenvalue weighted by Crippen LogP contribution is -2.37. The molecule has 1 saturated heterocycles. The maximum absolute atomic E-state index is 13.3. The van der Waals surface area contributed by atoms with Crippen LogP contribution in [-0.4, -0.2) is 42.6 Å². The third-order valence-corrected chi connectivity index (χ3v) is 6.03. The average molecular weight is 356 g/mol. The topological polar surface area (TPSA) is 54.6 Å². The van der Waals surface area contributed by atoms with Crippen molar-refractivity contribution < 1.29 is 14.3 Å². The highest BCUT2D eigenvalue weighted by molar-refractivity contribution is 5.99. The third kappa shape index (κ3) is 2.74. The van der Waals surface area contributed by atoms with Gasteiger partial charge in [0.05, 0.1) is 14.2 Å². The maximum atomic E-state index is 13.3. The minimum absolute atomic E-state index is 0.102. The van der Waals surface area contributed by atoms with Crippen LogP contribution in [-0.2, 0) is 0 Å². The number of hydrogen-bond acceptors (Lipinski definition) is 3. The van der Waals surface area contributed by atoms with Gasteiger partial charge in [-0.15, -0.1) is 0 Å². The first kappa shape index (κ1) is 17.3. The number of ether oxygens (including phenoxy) is 2. The molecule has 2 heterocycles. The van der Waals surface area contributed by atoms with E-state index in [2.05, 4.69) is 30.7 Å². The Kier molecular flexibility index (Phi) is 3.76. The molecule has 1 saturated carbocycles. The predicted octanol–water partition coefficient (Wildman–Crippen LogP) is 4.23. The molecule has 2 bridgehead atoms. The van der Waals surface area contributed by atoms with Gasteiger partial charge in [-0.05, 0) is 42.2 Å². The van der Waals surface area contributed by atoms with Crippen molar-refractivity contribution in [2.24, 2.45) is 10.8 Å². The van der Waals surface area contributed by atoms with E-state index in [0.29, 0.717) is 28.6 Å². The zero-order chi connectivity index (χ0) is 18.7. The molecule has 5 nitrogen and oxygen atoms in total. The molecule has 1 aliphatic carbocycles. The molecule has 2 aliphatic rings. The van der Waals surface area contributed by atoms with Gasteiger partial charge in [0.25, 0.3) is 5.91 Å². The van der Waals surface area contributed by atoms with Gasteiger partial charge < -0.3 is 19.4 Å². The van der Waals surface area contributed by atoms with E-state index < -0.39 is 0 Å². The van der Waals surface area contributed by atoms with E-state index in [9.17, 15) is 4.79 Å². The van der Waals surface area contributed by atoms with Crippen molar-refractivity contribution in [2.75, 3.05) is 20.8 Å². The van der Waals surface area contributed by atoms with Crippen molar-refractivity contribution in [3.8, 4) is 11.5 Å². The van der Waals surface area contributed by atoms with Crippen molar-refractivity contribution in [3.63, 3.8) is 0 Å². The summed E-state index contributed by atoms with van der Waals surface area (Å²) in [7, 11) is 3.24. The lowest BCUT2D eigenvalue weighted by Gasteiger charge is -2.39. The van der Waals surface area contributed by atoms with Crippen LogP contribution in [0.2, 0.25) is 0 Å². The number of nitrogens with one attached hydrogen (secondary N) is 1. The monoisotopic (exact) mass is 356 g/mol. The van der Waals surface area contributed by atoms with E-state index in [1.807, 2.05) is 18.2 Å². The SMILES string of the molecule is COc1cc2cc(C(=O)N3C[C@@]4(C)C[C@H]3CC(C)(C)C4)[nH]c2cc1OC. The van der Waals surface area contributed by atoms with Crippen molar-refractivity contribution >= 4 is 16.8 Å². The number of rotatable bonds is 3. The molecule has 140 valence electrons. The van der Waals surface area contributed by atoms with Gasteiger partial charge in [0.1, 0.15) is 5.69 Å². The van der Waals surface area contributed by atoms with Gasteiger partial charge in [-0.3, -0.25) is 4.79 Å². The van der Waals surface area contributed by atoms with Gasteiger partial charge in [-0.2, -0.15) is 0 Å². The lowest BCUT2D eigenvalue weighted by atomic mass is 9.65. The number of benzene rings is 1. The molecule has 0 spiro atoms. The Morgan fingerprint density at radius 3 is 2.50 bits per heavy atom. The van der Waals surface area contributed by atoms with Gasteiger partial charge in [-0.1, -0.05) is 20.8 Å². The van der Waals surface area contributed by atoms with Gasteiger partial charge in [0.2, 0.25) is 0 Å². The Labute approximate surface area is 154 Å². The molecule has 0 radical (unpaired) electrons. The van der Waals surface area contributed by atoms with Crippen molar-refractivity contribution in [2.45, 2.75) is 46.1 Å². The molecule has 5 heteroatoms. The first-order chi connectivity index (χ1) is 12.2. The van der Waals surface area contributed by atoms with E-state index >= 15 is 0 Å². The molecule has 2 atom stereocenters. The van der Waals surface area contributed by atoms with Crippen LogP contribution in [0.1, 0.15) is 50.5 Å². The molecule has 2 fully saturated rings. The lowest BCUT2D eigenvalue weighted by molar-refractivity contribution is 0.0703. The summed E-state index contributed by atoms with van der Waals surface area (Å²) in [5.41, 5.74) is 2.07. The molecule has 2 aromatic rings. The highest BCUT2D eigenvalue weighted by Gasteiger charge is 2.51. The van der Waals surface area contributed by atoms with E-state index in [1.165, 1.54) is 6.42 Å². The largest absolute Gasteiger partial charge is 0.493 e. The maximum Gasteiger partial charge on any atom is 0.270 e. The molecule has 4 rings (SSSR count). The van der Waals surface area contributed by atoms with Gasteiger partial charge in [0, 0.05) is 29.6 Å². The molecule has 0 unspecified atom stereocenters. The van der Waals surface area contributed by atoms with Crippen LogP contribution in [0.4, 0.5) is 0 Å². The normalized spacial score (nSPS) is 27.0. The Morgan fingerprint density at radius 1 is 1.12 bits per heavy atom. The summed E-state index contributed by atoms with van der Waals surface area (Å²) in [5.74, 6) is 1.43. The van der Waals surface area contributed by atoms with Crippen LogP contribution >= 0.6 is 0 Å². The van der Waals surface area contributed by atoms with Gasteiger partial charge in [-0.25, -0.2) is 0 Å². The highest BCUT2D eigenvalue weighted by atomic mass is 16.5. The summed E-state index contributed by atoms with van der Waals surface area (Å²) in [4.78, 5) is 18.6. The second kappa shape index (κ2) is 5.66. The Morgan fingerprint density at radius 2 is 1.81 bits per heavy atom. The molecule has 1 aliphatic heterocycles. The Balaban J connectivity index is 1.67. The standard InChI is InChI=1S/C21H28N2O3/c1-20(2)9-14-10-21(3,11-20)12-23(14)19(24)16-6-13-7-17(25-4)18(26-5)8-15(13)22-16/h6-8,14,22H,9-12H2,1-5H3/t14-,21+/m1/s1. The van der Waals surface area contributed by atoms with E-state index in [1.54, 1.807) is 14.2 Å².